The second-order valence-electron chi connectivity index (χ2n) is 5.03. The van der Waals surface area contributed by atoms with Crippen LogP contribution in [-0.4, -0.2) is 24.5 Å². The van der Waals surface area contributed by atoms with E-state index < -0.39 is 10.0 Å². The van der Waals surface area contributed by atoms with Gasteiger partial charge in [0.25, 0.3) is 0 Å². The number of sulfonamides is 1. The van der Waals surface area contributed by atoms with Crippen molar-refractivity contribution in [3.8, 4) is 16.9 Å². The maximum Gasteiger partial charge on any atom is 0.238 e. The molecule has 8 heteroatoms. The van der Waals surface area contributed by atoms with Gasteiger partial charge in [0.15, 0.2) is 6.29 Å². The molecule has 0 bridgehead atoms. The monoisotopic (exact) mass is 361 g/mol. The van der Waals surface area contributed by atoms with Crippen LogP contribution in [0.15, 0.2) is 59.5 Å². The van der Waals surface area contributed by atoms with E-state index in [2.05, 4.69) is 5.10 Å². The van der Waals surface area contributed by atoms with Crippen molar-refractivity contribution in [3.63, 3.8) is 0 Å². The highest BCUT2D eigenvalue weighted by atomic mass is 35.5. The first-order chi connectivity index (χ1) is 11.4. The molecule has 0 radical (unpaired) electrons. The minimum absolute atomic E-state index is 0.00191. The lowest BCUT2D eigenvalue weighted by molar-refractivity contribution is 0.111. The van der Waals surface area contributed by atoms with Gasteiger partial charge in [-0.05, 0) is 42.5 Å². The van der Waals surface area contributed by atoms with E-state index in [-0.39, 0.29) is 10.6 Å². The van der Waals surface area contributed by atoms with Gasteiger partial charge >= 0.3 is 0 Å². The Morgan fingerprint density at radius 3 is 2.21 bits per heavy atom. The Bertz CT molecular complexity index is 994. The van der Waals surface area contributed by atoms with Crippen molar-refractivity contribution in [1.29, 1.82) is 0 Å². The molecule has 1 heterocycles. The molecule has 0 amide bonds. The number of hydrogen-bond acceptors (Lipinski definition) is 4. The summed E-state index contributed by atoms with van der Waals surface area (Å²) in [4.78, 5) is 11.1. The Morgan fingerprint density at radius 2 is 1.67 bits per heavy atom. The minimum Gasteiger partial charge on any atom is -0.296 e. The zero-order valence-electron chi connectivity index (χ0n) is 12.3. The number of rotatable bonds is 4. The number of benzene rings is 2. The van der Waals surface area contributed by atoms with Crippen molar-refractivity contribution in [2.24, 2.45) is 5.14 Å². The molecule has 122 valence electrons. The number of nitrogens with two attached hydrogens (primary N) is 1. The SMILES string of the molecule is NS(=O)(=O)c1ccc(-n2nc(C=O)cc2-c2ccc(Cl)cc2)cc1. The van der Waals surface area contributed by atoms with Crippen LogP contribution in [0.25, 0.3) is 16.9 Å². The van der Waals surface area contributed by atoms with Crippen molar-refractivity contribution in [2.75, 3.05) is 0 Å². The molecule has 6 nitrogen and oxygen atoms in total. The molecule has 2 aromatic carbocycles. The van der Waals surface area contributed by atoms with E-state index in [4.69, 9.17) is 16.7 Å². The molecule has 0 aliphatic heterocycles. The maximum absolute atomic E-state index is 11.3. The highest BCUT2D eigenvalue weighted by Crippen LogP contribution is 2.25. The summed E-state index contributed by atoms with van der Waals surface area (Å²) >= 11 is 5.90. The Morgan fingerprint density at radius 1 is 1.04 bits per heavy atom. The summed E-state index contributed by atoms with van der Waals surface area (Å²) in [5.74, 6) is 0. The molecular formula is C16H12ClN3O3S. The predicted octanol–water partition coefficient (Wildman–Crippen LogP) is 2.65. The van der Waals surface area contributed by atoms with Gasteiger partial charge in [0.05, 0.1) is 16.3 Å². The number of nitrogens with zero attached hydrogens (tertiary/aromatic N) is 2. The van der Waals surface area contributed by atoms with Crippen molar-refractivity contribution >= 4 is 27.9 Å². The lowest BCUT2D eigenvalue weighted by Gasteiger charge is -2.08. The Kier molecular flexibility index (Phi) is 4.23. The van der Waals surface area contributed by atoms with E-state index in [1.54, 1.807) is 35.0 Å². The topological polar surface area (TPSA) is 95.1 Å². The van der Waals surface area contributed by atoms with Crippen LogP contribution in [0, 0.1) is 0 Å². The molecule has 0 aliphatic carbocycles. The van der Waals surface area contributed by atoms with E-state index in [1.165, 1.54) is 12.1 Å². The molecule has 0 saturated heterocycles. The third kappa shape index (κ3) is 3.23. The quantitative estimate of drug-likeness (QED) is 0.722. The smallest absolute Gasteiger partial charge is 0.238 e. The molecule has 0 spiro atoms. The first-order valence-electron chi connectivity index (χ1n) is 6.83. The lowest BCUT2D eigenvalue weighted by atomic mass is 10.1. The van der Waals surface area contributed by atoms with E-state index in [9.17, 15) is 13.2 Å². The fourth-order valence-corrected chi connectivity index (χ4v) is 2.90. The summed E-state index contributed by atoms with van der Waals surface area (Å²) in [6.45, 7) is 0. The zero-order valence-corrected chi connectivity index (χ0v) is 13.8. The van der Waals surface area contributed by atoms with Gasteiger partial charge in [-0.25, -0.2) is 18.2 Å². The van der Waals surface area contributed by atoms with E-state index in [1.807, 2.05) is 12.1 Å². The number of carbonyl (C=O) groups is 1. The third-order valence-corrected chi connectivity index (χ3v) is 4.58. The van der Waals surface area contributed by atoms with Crippen LogP contribution >= 0.6 is 11.6 Å². The molecule has 2 N–H and O–H groups in total. The molecule has 3 rings (SSSR count). The Labute approximate surface area is 143 Å². The van der Waals surface area contributed by atoms with Crippen molar-refractivity contribution in [2.45, 2.75) is 4.90 Å². The van der Waals surface area contributed by atoms with Crippen LogP contribution in [0.3, 0.4) is 0 Å². The summed E-state index contributed by atoms with van der Waals surface area (Å²) in [7, 11) is -3.77. The maximum atomic E-state index is 11.3. The van der Waals surface area contributed by atoms with Gasteiger partial charge in [-0.3, -0.25) is 4.79 Å². The largest absolute Gasteiger partial charge is 0.296 e. The molecule has 24 heavy (non-hydrogen) atoms. The van der Waals surface area contributed by atoms with Gasteiger partial charge in [-0.1, -0.05) is 23.7 Å². The Balaban J connectivity index is 2.12. The molecule has 0 unspecified atom stereocenters. The second-order valence-corrected chi connectivity index (χ2v) is 7.03. The van der Waals surface area contributed by atoms with Crippen LogP contribution in [0.1, 0.15) is 10.5 Å². The standard InChI is InChI=1S/C16H12ClN3O3S/c17-12-3-1-11(2-4-12)16-9-13(10-21)19-20(16)14-5-7-15(8-6-14)24(18,22)23/h1-10H,(H2,18,22,23). The Hall–Kier alpha value is -2.48. The predicted molar refractivity (Wildman–Crippen MR) is 90.8 cm³/mol. The number of aldehydes is 1. The number of hydrogen-bond donors (Lipinski definition) is 1. The molecular weight excluding hydrogens is 350 g/mol. The fourth-order valence-electron chi connectivity index (χ4n) is 2.26. The first kappa shape index (κ1) is 16.4. The molecule has 3 aromatic rings. The van der Waals surface area contributed by atoms with Crippen LogP contribution in [0.2, 0.25) is 5.02 Å². The molecule has 0 atom stereocenters. The van der Waals surface area contributed by atoms with Crippen molar-refractivity contribution in [1.82, 2.24) is 9.78 Å². The summed E-state index contributed by atoms with van der Waals surface area (Å²) < 4.78 is 24.3. The van der Waals surface area contributed by atoms with Gasteiger partial charge in [-0.2, -0.15) is 5.10 Å². The molecule has 0 fully saturated rings. The van der Waals surface area contributed by atoms with Gasteiger partial charge in [0, 0.05) is 10.6 Å². The van der Waals surface area contributed by atoms with Gasteiger partial charge in [-0.15, -0.1) is 0 Å². The van der Waals surface area contributed by atoms with Gasteiger partial charge in [0.2, 0.25) is 10.0 Å². The van der Waals surface area contributed by atoms with Crippen LogP contribution in [0.4, 0.5) is 0 Å². The average molecular weight is 362 g/mol. The van der Waals surface area contributed by atoms with Gasteiger partial charge in [0.1, 0.15) is 5.69 Å². The average Bonchev–Trinajstić information content (AvgIpc) is 2.99. The third-order valence-electron chi connectivity index (χ3n) is 3.40. The number of carbonyl (C=O) groups excluding carboxylic acids is 1. The highest BCUT2D eigenvalue weighted by Gasteiger charge is 2.13. The minimum atomic E-state index is -3.77. The fraction of sp³-hybridized carbons (Fsp3) is 0. The van der Waals surface area contributed by atoms with E-state index in [0.717, 1.165) is 5.56 Å². The van der Waals surface area contributed by atoms with E-state index in [0.29, 0.717) is 22.7 Å². The second kappa shape index (κ2) is 6.20. The highest BCUT2D eigenvalue weighted by molar-refractivity contribution is 7.89. The molecule has 0 aliphatic rings. The van der Waals surface area contributed by atoms with Gasteiger partial charge < -0.3 is 0 Å². The number of primary sulfonamides is 1. The molecule has 0 saturated carbocycles. The van der Waals surface area contributed by atoms with Crippen molar-refractivity contribution < 1.29 is 13.2 Å². The normalized spacial score (nSPS) is 11.4. The molecule has 1 aromatic heterocycles. The zero-order chi connectivity index (χ0) is 17.3. The van der Waals surface area contributed by atoms with Crippen LogP contribution in [0.5, 0.6) is 0 Å². The van der Waals surface area contributed by atoms with E-state index >= 15 is 0 Å². The van der Waals surface area contributed by atoms with Crippen LogP contribution in [-0.2, 0) is 10.0 Å². The number of aromatic nitrogens is 2. The van der Waals surface area contributed by atoms with Crippen LogP contribution < -0.4 is 5.14 Å². The van der Waals surface area contributed by atoms with Crippen molar-refractivity contribution in [3.05, 3.63) is 65.3 Å². The summed E-state index contributed by atoms with van der Waals surface area (Å²) in [6.07, 6.45) is 0.647. The number of halogens is 1. The summed E-state index contributed by atoms with van der Waals surface area (Å²) in [5.41, 5.74) is 2.35. The summed E-state index contributed by atoms with van der Waals surface area (Å²) in [6, 6.07) is 14.6. The first-order valence-corrected chi connectivity index (χ1v) is 8.75. The summed E-state index contributed by atoms with van der Waals surface area (Å²) in [5, 5.41) is 9.92. The lowest BCUT2D eigenvalue weighted by Crippen LogP contribution is -2.12.